The summed E-state index contributed by atoms with van der Waals surface area (Å²) >= 11 is 4.40. The van der Waals surface area contributed by atoms with E-state index >= 15 is 0 Å². The second kappa shape index (κ2) is 9.29. The zero-order valence-electron chi connectivity index (χ0n) is 17.6. The molecule has 1 aromatic carbocycles. The molecule has 0 aliphatic heterocycles. The van der Waals surface area contributed by atoms with Gasteiger partial charge in [0, 0.05) is 18.1 Å². The molecule has 0 aliphatic carbocycles. The zero-order valence-corrected chi connectivity index (χ0v) is 20.0. The summed E-state index contributed by atoms with van der Waals surface area (Å²) in [6.45, 7) is 7.54. The minimum atomic E-state index is -0.0745. The van der Waals surface area contributed by atoms with Crippen molar-refractivity contribution < 1.29 is 9.21 Å². The standard InChI is InChI=1S/C21H21N5O2S3/c1-5-15-6-8-17(9-7-15)26(14(4)27)20-23-16(10-29-20)11-30-21-25-24-19(28-21)18-12(2)22-13(3)31-18/h6-10H,5,11H2,1-4H3. The molecule has 0 spiro atoms. The van der Waals surface area contributed by atoms with Crippen LogP contribution in [0.2, 0.25) is 0 Å². The molecule has 0 aliphatic rings. The van der Waals surface area contributed by atoms with Crippen LogP contribution >= 0.6 is 34.4 Å². The summed E-state index contributed by atoms with van der Waals surface area (Å²) in [6, 6.07) is 7.99. The zero-order chi connectivity index (χ0) is 22.0. The number of aromatic nitrogens is 4. The maximum atomic E-state index is 12.3. The molecule has 4 aromatic rings. The summed E-state index contributed by atoms with van der Waals surface area (Å²) in [5, 5.41) is 12.3. The SMILES string of the molecule is CCc1ccc(N(C(C)=O)c2nc(CSc3nnc(-c4sc(C)nc4C)o3)cs2)cc1. The van der Waals surface area contributed by atoms with Gasteiger partial charge in [0.2, 0.25) is 5.91 Å². The first-order valence-corrected chi connectivity index (χ1v) is 12.4. The first-order chi connectivity index (χ1) is 14.9. The lowest BCUT2D eigenvalue weighted by molar-refractivity contribution is -0.115. The van der Waals surface area contributed by atoms with Crippen LogP contribution in [-0.4, -0.2) is 26.1 Å². The first-order valence-electron chi connectivity index (χ1n) is 9.69. The van der Waals surface area contributed by atoms with Gasteiger partial charge in [0.1, 0.15) is 4.88 Å². The largest absolute Gasteiger partial charge is 0.410 e. The summed E-state index contributed by atoms with van der Waals surface area (Å²) in [5.74, 6) is 0.983. The van der Waals surface area contributed by atoms with Gasteiger partial charge in [0.25, 0.3) is 11.1 Å². The normalized spacial score (nSPS) is 11.1. The third-order valence-electron chi connectivity index (χ3n) is 4.50. The van der Waals surface area contributed by atoms with Crippen molar-refractivity contribution in [3.8, 4) is 10.8 Å². The van der Waals surface area contributed by atoms with Gasteiger partial charge < -0.3 is 4.42 Å². The van der Waals surface area contributed by atoms with Gasteiger partial charge in [-0.05, 0) is 38.0 Å². The Morgan fingerprint density at radius 1 is 1.16 bits per heavy atom. The smallest absolute Gasteiger partial charge is 0.277 e. The molecule has 0 fully saturated rings. The second-order valence-corrected chi connectivity index (χ2v) is 9.77. The summed E-state index contributed by atoms with van der Waals surface area (Å²) in [6.07, 6.45) is 0.957. The van der Waals surface area contributed by atoms with Gasteiger partial charge in [0.05, 0.1) is 22.1 Å². The van der Waals surface area contributed by atoms with Crippen molar-refractivity contribution in [2.24, 2.45) is 0 Å². The van der Waals surface area contributed by atoms with E-state index < -0.39 is 0 Å². The molecule has 7 nitrogen and oxygen atoms in total. The van der Waals surface area contributed by atoms with Crippen molar-refractivity contribution in [1.82, 2.24) is 20.2 Å². The fourth-order valence-corrected chi connectivity index (χ4v) is 5.49. The van der Waals surface area contributed by atoms with E-state index in [4.69, 9.17) is 4.42 Å². The van der Waals surface area contributed by atoms with E-state index in [0.29, 0.717) is 22.0 Å². The Labute approximate surface area is 192 Å². The highest BCUT2D eigenvalue weighted by Crippen LogP contribution is 2.33. The van der Waals surface area contributed by atoms with Crippen LogP contribution in [0, 0.1) is 13.8 Å². The van der Waals surface area contributed by atoms with E-state index in [2.05, 4.69) is 27.1 Å². The van der Waals surface area contributed by atoms with Crippen molar-refractivity contribution in [3.63, 3.8) is 0 Å². The minimum Gasteiger partial charge on any atom is -0.410 e. The van der Waals surface area contributed by atoms with Gasteiger partial charge >= 0.3 is 0 Å². The molecular weight excluding hydrogens is 450 g/mol. The van der Waals surface area contributed by atoms with Crippen molar-refractivity contribution in [1.29, 1.82) is 0 Å². The molecule has 0 bridgehead atoms. The van der Waals surface area contributed by atoms with Gasteiger partial charge in [-0.25, -0.2) is 9.97 Å². The van der Waals surface area contributed by atoms with Crippen LogP contribution in [-0.2, 0) is 17.0 Å². The lowest BCUT2D eigenvalue weighted by atomic mass is 10.1. The van der Waals surface area contributed by atoms with E-state index in [1.165, 1.54) is 40.0 Å². The highest BCUT2D eigenvalue weighted by molar-refractivity contribution is 7.98. The number of benzene rings is 1. The Balaban J connectivity index is 1.46. The van der Waals surface area contributed by atoms with Crippen molar-refractivity contribution in [2.75, 3.05) is 4.90 Å². The Morgan fingerprint density at radius 3 is 2.58 bits per heavy atom. The first kappa shape index (κ1) is 21.7. The topological polar surface area (TPSA) is 85.0 Å². The van der Waals surface area contributed by atoms with E-state index in [1.807, 2.05) is 43.5 Å². The number of aryl methyl sites for hydroxylation is 3. The van der Waals surface area contributed by atoms with Gasteiger partial charge in [-0.15, -0.1) is 32.9 Å². The third kappa shape index (κ3) is 4.86. The van der Waals surface area contributed by atoms with Crippen LogP contribution in [0.15, 0.2) is 39.3 Å². The molecule has 0 atom stereocenters. The number of amides is 1. The molecule has 3 aromatic heterocycles. The Morgan fingerprint density at radius 2 is 1.94 bits per heavy atom. The van der Waals surface area contributed by atoms with E-state index in [-0.39, 0.29) is 5.91 Å². The predicted octanol–water partition coefficient (Wildman–Crippen LogP) is 5.81. The average molecular weight is 472 g/mol. The van der Waals surface area contributed by atoms with Gasteiger partial charge in [-0.1, -0.05) is 30.8 Å². The fraction of sp³-hybridized carbons (Fsp3) is 0.286. The van der Waals surface area contributed by atoms with Gasteiger partial charge in [-0.2, -0.15) is 0 Å². The molecular formula is C21H21N5O2S3. The number of carbonyl (C=O) groups excluding carboxylic acids is 1. The maximum Gasteiger partial charge on any atom is 0.277 e. The molecule has 160 valence electrons. The molecule has 4 rings (SSSR count). The van der Waals surface area contributed by atoms with Crippen LogP contribution in [0.3, 0.4) is 0 Å². The molecule has 0 saturated heterocycles. The number of rotatable bonds is 7. The van der Waals surface area contributed by atoms with Crippen molar-refractivity contribution in [2.45, 2.75) is 45.1 Å². The third-order valence-corrected chi connectivity index (χ3v) is 7.28. The van der Waals surface area contributed by atoms with E-state index in [0.717, 1.165) is 33.4 Å². The van der Waals surface area contributed by atoms with Crippen LogP contribution in [0.25, 0.3) is 10.8 Å². The van der Waals surface area contributed by atoms with Crippen LogP contribution in [0.4, 0.5) is 10.8 Å². The number of nitrogens with zero attached hydrogens (tertiary/aromatic N) is 5. The number of hydrogen-bond acceptors (Lipinski definition) is 9. The van der Waals surface area contributed by atoms with Gasteiger partial charge in [0.15, 0.2) is 5.13 Å². The molecule has 1 amide bonds. The monoisotopic (exact) mass is 471 g/mol. The number of thioether (sulfide) groups is 1. The second-order valence-electron chi connectivity index (χ2n) is 6.81. The summed E-state index contributed by atoms with van der Waals surface area (Å²) < 4.78 is 5.79. The van der Waals surface area contributed by atoms with Crippen molar-refractivity contribution >= 4 is 51.2 Å². The molecule has 0 saturated carbocycles. The van der Waals surface area contributed by atoms with Crippen LogP contribution in [0.5, 0.6) is 0 Å². The summed E-state index contributed by atoms with van der Waals surface area (Å²) in [4.78, 5) is 23.9. The highest BCUT2D eigenvalue weighted by atomic mass is 32.2. The number of anilines is 2. The number of thiazole rings is 2. The summed E-state index contributed by atoms with van der Waals surface area (Å²) in [7, 11) is 0. The van der Waals surface area contributed by atoms with E-state index in [9.17, 15) is 4.79 Å². The van der Waals surface area contributed by atoms with E-state index in [1.54, 1.807) is 11.8 Å². The molecule has 0 N–H and O–H groups in total. The highest BCUT2D eigenvalue weighted by Gasteiger charge is 2.19. The fourth-order valence-electron chi connectivity index (χ4n) is 3.00. The maximum absolute atomic E-state index is 12.3. The Bertz CT molecular complexity index is 1200. The Kier molecular flexibility index (Phi) is 6.49. The Hall–Kier alpha value is -2.56. The molecule has 0 radical (unpaired) electrons. The lowest BCUT2D eigenvalue weighted by Gasteiger charge is -2.18. The molecule has 3 heterocycles. The lowest BCUT2D eigenvalue weighted by Crippen LogP contribution is -2.22. The predicted molar refractivity (Wildman–Crippen MR) is 125 cm³/mol. The van der Waals surface area contributed by atoms with Crippen LogP contribution in [0.1, 0.15) is 35.8 Å². The quantitative estimate of drug-likeness (QED) is 0.315. The molecule has 31 heavy (non-hydrogen) atoms. The van der Waals surface area contributed by atoms with Crippen molar-refractivity contribution in [3.05, 3.63) is 51.6 Å². The van der Waals surface area contributed by atoms with Gasteiger partial charge in [-0.3, -0.25) is 9.69 Å². The molecule has 0 unspecified atom stereocenters. The average Bonchev–Trinajstić information content (AvgIpc) is 3.47. The summed E-state index contributed by atoms with van der Waals surface area (Å²) in [5.41, 5.74) is 3.79. The number of carbonyl (C=O) groups is 1. The number of hydrogen-bond donors (Lipinski definition) is 0. The minimum absolute atomic E-state index is 0.0745. The van der Waals surface area contributed by atoms with Crippen LogP contribution < -0.4 is 4.90 Å². The molecule has 10 heteroatoms.